The molecular weight excluding hydrogens is 362 g/mol. The predicted octanol–water partition coefficient (Wildman–Crippen LogP) is 6.40. The highest BCUT2D eigenvalue weighted by atomic mass is 32.2. The molecule has 0 aliphatic carbocycles. The van der Waals surface area contributed by atoms with Crippen LogP contribution in [0.2, 0.25) is 0 Å². The lowest BCUT2D eigenvalue weighted by molar-refractivity contribution is 0.0937. The van der Waals surface area contributed by atoms with Gasteiger partial charge in [-0.05, 0) is 67.6 Å². The van der Waals surface area contributed by atoms with E-state index in [1.165, 1.54) is 27.8 Å². The maximum atomic E-state index is 13.0. The minimum Gasteiger partial charge on any atom is -0.345 e. The Morgan fingerprint density at radius 3 is 2.29 bits per heavy atom. The van der Waals surface area contributed by atoms with Gasteiger partial charge in [0.1, 0.15) is 0 Å². The Hall–Kier alpha value is -2.52. The van der Waals surface area contributed by atoms with Crippen molar-refractivity contribution in [1.82, 2.24) is 5.32 Å². The first-order valence-electron chi connectivity index (χ1n) is 9.60. The van der Waals surface area contributed by atoms with Crippen LogP contribution in [0.15, 0.2) is 71.6 Å². The normalized spacial score (nSPS) is 11.9. The van der Waals surface area contributed by atoms with Crippen LogP contribution in [0.4, 0.5) is 0 Å². The van der Waals surface area contributed by atoms with Gasteiger partial charge in [0.2, 0.25) is 0 Å². The summed E-state index contributed by atoms with van der Waals surface area (Å²) in [7, 11) is 0. The Kier molecular flexibility index (Phi) is 6.58. The number of amides is 1. The molecule has 1 atom stereocenters. The molecule has 0 bridgehead atoms. The van der Waals surface area contributed by atoms with Gasteiger partial charge in [0.05, 0.1) is 11.6 Å². The monoisotopic (exact) mass is 389 g/mol. The molecule has 3 heteroatoms. The number of aryl methyl sites for hydroxylation is 3. The van der Waals surface area contributed by atoms with Crippen molar-refractivity contribution in [2.45, 2.75) is 44.4 Å². The smallest absolute Gasteiger partial charge is 0.252 e. The van der Waals surface area contributed by atoms with Crippen LogP contribution in [0.1, 0.15) is 51.1 Å². The zero-order valence-electron chi connectivity index (χ0n) is 17.0. The van der Waals surface area contributed by atoms with E-state index in [0.29, 0.717) is 0 Å². The van der Waals surface area contributed by atoms with Gasteiger partial charge in [-0.1, -0.05) is 54.6 Å². The first kappa shape index (κ1) is 20.2. The van der Waals surface area contributed by atoms with Crippen molar-refractivity contribution in [3.63, 3.8) is 0 Å². The lowest BCUT2D eigenvalue weighted by atomic mass is 9.96. The number of carbonyl (C=O) groups is 1. The molecule has 3 aromatic rings. The molecule has 0 radical (unpaired) electrons. The molecule has 1 N–H and O–H groups in total. The molecule has 2 nitrogen and oxygen atoms in total. The third-order valence-electron chi connectivity index (χ3n) is 5.07. The molecule has 28 heavy (non-hydrogen) atoms. The van der Waals surface area contributed by atoms with Crippen LogP contribution < -0.4 is 5.32 Å². The van der Waals surface area contributed by atoms with Gasteiger partial charge in [-0.15, -0.1) is 11.8 Å². The SMILES string of the molecule is Cc1cc(C)c(C(C)NC(=O)c2ccccc2SCc2ccccc2)cc1C. The van der Waals surface area contributed by atoms with Gasteiger partial charge in [-0.3, -0.25) is 4.79 Å². The Balaban J connectivity index is 1.75. The van der Waals surface area contributed by atoms with Crippen LogP contribution in [0.5, 0.6) is 0 Å². The van der Waals surface area contributed by atoms with Gasteiger partial charge in [0.15, 0.2) is 0 Å². The van der Waals surface area contributed by atoms with Crippen LogP contribution in [0, 0.1) is 20.8 Å². The van der Waals surface area contributed by atoms with Crippen molar-refractivity contribution in [3.8, 4) is 0 Å². The summed E-state index contributed by atoms with van der Waals surface area (Å²) < 4.78 is 0. The Labute approximate surface area is 172 Å². The maximum Gasteiger partial charge on any atom is 0.252 e. The average Bonchev–Trinajstić information content (AvgIpc) is 2.70. The van der Waals surface area contributed by atoms with Crippen molar-refractivity contribution in [2.24, 2.45) is 0 Å². The van der Waals surface area contributed by atoms with Gasteiger partial charge < -0.3 is 5.32 Å². The van der Waals surface area contributed by atoms with Gasteiger partial charge in [-0.25, -0.2) is 0 Å². The Morgan fingerprint density at radius 2 is 1.54 bits per heavy atom. The fourth-order valence-corrected chi connectivity index (χ4v) is 4.32. The summed E-state index contributed by atoms with van der Waals surface area (Å²) in [5, 5.41) is 3.19. The number of rotatable bonds is 6. The molecule has 0 spiro atoms. The molecule has 0 aliphatic rings. The minimum absolute atomic E-state index is 0.0266. The largest absolute Gasteiger partial charge is 0.345 e. The fraction of sp³-hybridized carbons (Fsp3) is 0.240. The van der Waals surface area contributed by atoms with E-state index in [4.69, 9.17) is 0 Å². The number of hydrogen-bond acceptors (Lipinski definition) is 2. The predicted molar refractivity (Wildman–Crippen MR) is 119 cm³/mol. The van der Waals surface area contributed by atoms with Crippen molar-refractivity contribution in [3.05, 3.63) is 100 Å². The first-order valence-corrected chi connectivity index (χ1v) is 10.6. The number of benzene rings is 3. The fourth-order valence-electron chi connectivity index (χ4n) is 3.32. The number of carbonyl (C=O) groups excluding carboxylic acids is 1. The zero-order valence-corrected chi connectivity index (χ0v) is 17.8. The highest BCUT2D eigenvalue weighted by molar-refractivity contribution is 7.98. The second-order valence-electron chi connectivity index (χ2n) is 7.26. The van der Waals surface area contributed by atoms with Crippen LogP contribution in [0.25, 0.3) is 0 Å². The zero-order chi connectivity index (χ0) is 20.1. The highest BCUT2D eigenvalue weighted by Gasteiger charge is 2.16. The number of nitrogens with one attached hydrogen (secondary N) is 1. The van der Waals surface area contributed by atoms with Crippen LogP contribution in [0.3, 0.4) is 0 Å². The van der Waals surface area contributed by atoms with Crippen molar-refractivity contribution < 1.29 is 4.79 Å². The molecule has 1 unspecified atom stereocenters. The molecule has 144 valence electrons. The van der Waals surface area contributed by atoms with Crippen molar-refractivity contribution >= 4 is 17.7 Å². The molecule has 0 fully saturated rings. The Morgan fingerprint density at radius 1 is 0.893 bits per heavy atom. The van der Waals surface area contributed by atoms with E-state index < -0.39 is 0 Å². The quantitative estimate of drug-likeness (QED) is 0.495. The van der Waals surface area contributed by atoms with Gasteiger partial charge in [-0.2, -0.15) is 0 Å². The highest BCUT2D eigenvalue weighted by Crippen LogP contribution is 2.27. The third kappa shape index (κ3) is 4.85. The summed E-state index contributed by atoms with van der Waals surface area (Å²) in [6.07, 6.45) is 0. The summed E-state index contributed by atoms with van der Waals surface area (Å²) in [4.78, 5) is 14.0. The van der Waals surface area contributed by atoms with E-state index in [1.807, 2.05) is 42.5 Å². The molecular formula is C25H27NOS. The number of thioether (sulfide) groups is 1. The standard InChI is InChI=1S/C25H27NOS/c1-17-14-19(3)23(15-18(17)2)20(4)26-25(27)22-12-8-9-13-24(22)28-16-21-10-6-5-7-11-21/h5-15,20H,16H2,1-4H3,(H,26,27). The molecule has 0 aliphatic heterocycles. The maximum absolute atomic E-state index is 13.0. The first-order chi connectivity index (χ1) is 13.5. The molecule has 3 rings (SSSR count). The molecule has 0 saturated heterocycles. The molecule has 0 aromatic heterocycles. The topological polar surface area (TPSA) is 29.1 Å². The molecule has 0 heterocycles. The molecule has 1 amide bonds. The minimum atomic E-state index is -0.0426. The lowest BCUT2D eigenvalue weighted by Gasteiger charge is -2.19. The van der Waals surface area contributed by atoms with Crippen molar-refractivity contribution in [2.75, 3.05) is 0 Å². The molecule has 3 aromatic carbocycles. The van der Waals surface area contributed by atoms with Crippen molar-refractivity contribution in [1.29, 1.82) is 0 Å². The molecule has 0 saturated carbocycles. The van der Waals surface area contributed by atoms with E-state index >= 15 is 0 Å². The van der Waals surface area contributed by atoms with E-state index in [-0.39, 0.29) is 11.9 Å². The van der Waals surface area contributed by atoms with Gasteiger partial charge in [0, 0.05) is 10.6 Å². The van der Waals surface area contributed by atoms with E-state index in [1.54, 1.807) is 11.8 Å². The summed E-state index contributed by atoms with van der Waals surface area (Å²) in [5.74, 6) is 0.818. The van der Waals surface area contributed by atoms with Crippen LogP contribution in [-0.4, -0.2) is 5.91 Å². The van der Waals surface area contributed by atoms with Gasteiger partial charge in [0.25, 0.3) is 5.91 Å². The van der Waals surface area contributed by atoms with E-state index in [2.05, 4.69) is 57.3 Å². The van der Waals surface area contributed by atoms with E-state index in [0.717, 1.165) is 16.2 Å². The lowest BCUT2D eigenvalue weighted by Crippen LogP contribution is -2.27. The summed E-state index contributed by atoms with van der Waals surface area (Å²) in [6, 6.07) is 22.5. The van der Waals surface area contributed by atoms with Crippen LogP contribution >= 0.6 is 11.8 Å². The summed E-state index contributed by atoms with van der Waals surface area (Å²) in [6.45, 7) is 8.39. The second-order valence-corrected chi connectivity index (χ2v) is 8.28. The summed E-state index contributed by atoms with van der Waals surface area (Å²) in [5.41, 5.74) is 6.90. The third-order valence-corrected chi connectivity index (χ3v) is 6.21. The summed E-state index contributed by atoms with van der Waals surface area (Å²) >= 11 is 1.70. The van der Waals surface area contributed by atoms with E-state index in [9.17, 15) is 4.79 Å². The second kappa shape index (κ2) is 9.11. The van der Waals surface area contributed by atoms with Crippen LogP contribution in [-0.2, 0) is 5.75 Å². The Bertz CT molecular complexity index is 966. The number of hydrogen-bond donors (Lipinski definition) is 1. The van der Waals surface area contributed by atoms with Gasteiger partial charge >= 0.3 is 0 Å². The average molecular weight is 390 g/mol.